The Kier molecular flexibility index (Phi) is 5.12. The third-order valence-electron chi connectivity index (χ3n) is 5.77. The van der Waals surface area contributed by atoms with Crippen LogP contribution in [0.5, 0.6) is 5.75 Å². The second-order valence-electron chi connectivity index (χ2n) is 7.34. The van der Waals surface area contributed by atoms with Gasteiger partial charge in [-0.3, -0.25) is 4.79 Å². The molecule has 150 valence electrons. The highest BCUT2D eigenvalue weighted by molar-refractivity contribution is 5.82. The minimum atomic E-state index is -0.492. The van der Waals surface area contributed by atoms with Crippen molar-refractivity contribution >= 4 is 16.9 Å². The van der Waals surface area contributed by atoms with E-state index in [1.165, 1.54) is 0 Å². The van der Waals surface area contributed by atoms with Gasteiger partial charge in [-0.25, -0.2) is 4.79 Å². The lowest BCUT2D eigenvalue weighted by atomic mass is 10.0. The maximum Gasteiger partial charge on any atom is 0.339 e. The smallest absolute Gasteiger partial charge is 0.339 e. The molecule has 1 aromatic carbocycles. The number of rotatable bonds is 4. The number of aryl methyl sites for hydroxylation is 1. The number of likely N-dealkylation sites (tertiary alicyclic amines) is 1. The van der Waals surface area contributed by atoms with Gasteiger partial charge in [0, 0.05) is 49.4 Å². The van der Waals surface area contributed by atoms with Gasteiger partial charge >= 0.3 is 5.63 Å². The molecule has 7 nitrogen and oxygen atoms in total. The molecule has 0 saturated carbocycles. The molecule has 1 amide bonds. The maximum atomic E-state index is 12.6. The molecule has 0 bridgehead atoms. The number of nitrogens with zero attached hydrogens (tertiary/aromatic N) is 1. The Labute approximate surface area is 163 Å². The average Bonchev–Trinajstić information content (AvgIpc) is 3.15. The Hall–Kier alpha value is -2.38. The molecule has 3 heterocycles. The maximum absolute atomic E-state index is 12.6. The van der Waals surface area contributed by atoms with Crippen molar-refractivity contribution in [3.05, 3.63) is 39.7 Å². The van der Waals surface area contributed by atoms with Crippen molar-refractivity contribution in [1.82, 2.24) is 4.90 Å². The van der Waals surface area contributed by atoms with Gasteiger partial charge in [-0.2, -0.15) is 0 Å². The van der Waals surface area contributed by atoms with E-state index in [1.807, 2.05) is 24.0 Å². The van der Waals surface area contributed by atoms with Crippen molar-refractivity contribution in [2.75, 3.05) is 33.4 Å². The van der Waals surface area contributed by atoms with Crippen LogP contribution in [0.15, 0.2) is 27.4 Å². The molecule has 0 aliphatic carbocycles. The fraction of sp³-hybridized carbons (Fsp3) is 0.524. The van der Waals surface area contributed by atoms with Gasteiger partial charge in [-0.1, -0.05) is 0 Å². The first-order valence-corrected chi connectivity index (χ1v) is 9.67. The summed E-state index contributed by atoms with van der Waals surface area (Å²) >= 11 is 0. The first-order chi connectivity index (χ1) is 13.5. The largest absolute Gasteiger partial charge is 0.497 e. The number of fused-ring (bicyclic) bond motifs is 1. The van der Waals surface area contributed by atoms with Crippen LogP contribution >= 0.6 is 0 Å². The summed E-state index contributed by atoms with van der Waals surface area (Å²) in [7, 11) is 1.57. The summed E-state index contributed by atoms with van der Waals surface area (Å²) in [6.45, 7) is 4.37. The molecular formula is C21H25NO6. The number of piperidine rings is 1. The van der Waals surface area contributed by atoms with Crippen molar-refractivity contribution in [2.24, 2.45) is 0 Å². The fourth-order valence-corrected chi connectivity index (χ4v) is 4.06. The number of ether oxygens (including phenoxy) is 3. The summed E-state index contributed by atoms with van der Waals surface area (Å²) in [4.78, 5) is 26.9. The van der Waals surface area contributed by atoms with Crippen LogP contribution in [0.4, 0.5) is 0 Å². The molecule has 4 rings (SSSR count). The van der Waals surface area contributed by atoms with E-state index in [2.05, 4.69) is 0 Å². The standard InChI is InChI=1S/C21H25NO6/c1-14-16-4-3-15(25-2)13-18(16)28-20(24)17(14)5-6-19(23)22-9-7-21(8-10-22)26-11-12-27-21/h3-4,13H,5-12H2,1-2H3. The average molecular weight is 387 g/mol. The molecule has 0 atom stereocenters. The third-order valence-corrected chi connectivity index (χ3v) is 5.77. The molecule has 2 aromatic rings. The van der Waals surface area contributed by atoms with Crippen molar-refractivity contribution in [3.8, 4) is 5.75 Å². The SMILES string of the molecule is COc1ccc2c(C)c(CCC(=O)N3CCC4(CC3)OCCO4)c(=O)oc2c1. The van der Waals surface area contributed by atoms with Crippen molar-refractivity contribution in [1.29, 1.82) is 0 Å². The van der Waals surface area contributed by atoms with Crippen LogP contribution in [0.2, 0.25) is 0 Å². The van der Waals surface area contributed by atoms with Crippen molar-refractivity contribution in [3.63, 3.8) is 0 Å². The van der Waals surface area contributed by atoms with Crippen LogP contribution in [0, 0.1) is 6.92 Å². The molecule has 7 heteroatoms. The van der Waals surface area contributed by atoms with Gasteiger partial charge in [0.05, 0.1) is 20.3 Å². The van der Waals surface area contributed by atoms with Gasteiger partial charge in [0.25, 0.3) is 0 Å². The number of amides is 1. The van der Waals surface area contributed by atoms with Gasteiger partial charge < -0.3 is 23.5 Å². The quantitative estimate of drug-likeness (QED) is 0.750. The number of benzene rings is 1. The Morgan fingerprint density at radius 1 is 1.21 bits per heavy atom. The summed E-state index contributed by atoms with van der Waals surface area (Å²) in [6, 6.07) is 5.42. The minimum Gasteiger partial charge on any atom is -0.497 e. The molecule has 2 aliphatic heterocycles. The Balaban J connectivity index is 1.44. The lowest BCUT2D eigenvalue weighted by Crippen LogP contribution is -2.47. The predicted molar refractivity (Wildman–Crippen MR) is 103 cm³/mol. The number of methoxy groups -OCH3 is 1. The zero-order valence-electron chi connectivity index (χ0n) is 16.3. The Morgan fingerprint density at radius 3 is 2.61 bits per heavy atom. The molecule has 2 aliphatic rings. The first kappa shape index (κ1) is 19.0. The Bertz CT molecular complexity index is 934. The molecule has 1 aromatic heterocycles. The van der Waals surface area contributed by atoms with Crippen LogP contribution in [-0.4, -0.2) is 50.0 Å². The normalized spacial score (nSPS) is 18.7. The first-order valence-electron chi connectivity index (χ1n) is 9.67. The second-order valence-corrected chi connectivity index (χ2v) is 7.34. The molecule has 2 fully saturated rings. The number of hydrogen-bond acceptors (Lipinski definition) is 6. The topological polar surface area (TPSA) is 78.2 Å². The number of carbonyl (C=O) groups is 1. The highest BCUT2D eigenvalue weighted by atomic mass is 16.7. The fourth-order valence-electron chi connectivity index (χ4n) is 4.06. The molecule has 0 unspecified atom stereocenters. The highest BCUT2D eigenvalue weighted by Crippen LogP contribution is 2.31. The second kappa shape index (κ2) is 7.56. The van der Waals surface area contributed by atoms with Gasteiger partial charge in [0.1, 0.15) is 11.3 Å². The molecule has 1 spiro atoms. The van der Waals surface area contributed by atoms with Crippen LogP contribution < -0.4 is 10.4 Å². The summed E-state index contributed by atoms with van der Waals surface area (Å²) in [5, 5.41) is 0.860. The van der Waals surface area contributed by atoms with E-state index < -0.39 is 11.4 Å². The van der Waals surface area contributed by atoms with Crippen LogP contribution in [-0.2, 0) is 20.7 Å². The summed E-state index contributed by atoms with van der Waals surface area (Å²) < 4.78 is 22.1. The molecule has 28 heavy (non-hydrogen) atoms. The van der Waals surface area contributed by atoms with Crippen molar-refractivity contribution in [2.45, 2.75) is 38.4 Å². The van der Waals surface area contributed by atoms with Gasteiger partial charge in [-0.15, -0.1) is 0 Å². The summed E-state index contributed by atoms with van der Waals surface area (Å²) in [6.07, 6.45) is 2.03. The zero-order chi connectivity index (χ0) is 19.7. The van der Waals surface area contributed by atoms with Gasteiger partial charge in [0.2, 0.25) is 5.91 Å². The molecule has 2 saturated heterocycles. The summed E-state index contributed by atoms with van der Waals surface area (Å²) in [5.74, 6) is 0.186. The molecule has 0 N–H and O–H groups in total. The minimum absolute atomic E-state index is 0.0430. The van der Waals surface area contributed by atoms with E-state index in [1.54, 1.807) is 13.2 Å². The predicted octanol–water partition coefficient (Wildman–Crippen LogP) is 2.41. The number of carbonyl (C=O) groups excluding carboxylic acids is 1. The molecular weight excluding hydrogens is 362 g/mol. The third kappa shape index (κ3) is 3.52. The lowest BCUT2D eigenvalue weighted by molar-refractivity contribution is -0.187. The van der Waals surface area contributed by atoms with Crippen LogP contribution in [0.1, 0.15) is 30.4 Å². The van der Waals surface area contributed by atoms with E-state index in [9.17, 15) is 9.59 Å². The van der Waals surface area contributed by atoms with Crippen LogP contribution in [0.3, 0.4) is 0 Å². The van der Waals surface area contributed by atoms with Crippen molar-refractivity contribution < 1.29 is 23.4 Å². The van der Waals surface area contributed by atoms with E-state index in [0.717, 1.165) is 10.9 Å². The van der Waals surface area contributed by atoms with E-state index >= 15 is 0 Å². The number of hydrogen-bond donors (Lipinski definition) is 0. The Morgan fingerprint density at radius 2 is 1.93 bits per heavy atom. The van der Waals surface area contributed by atoms with Gasteiger partial charge in [-0.05, 0) is 31.0 Å². The lowest BCUT2D eigenvalue weighted by Gasteiger charge is -2.37. The molecule has 0 radical (unpaired) electrons. The highest BCUT2D eigenvalue weighted by Gasteiger charge is 2.40. The zero-order valence-corrected chi connectivity index (χ0v) is 16.3. The summed E-state index contributed by atoms with van der Waals surface area (Å²) in [5.41, 5.74) is 1.51. The van der Waals surface area contributed by atoms with Gasteiger partial charge in [0.15, 0.2) is 5.79 Å². The monoisotopic (exact) mass is 387 g/mol. The van der Waals surface area contributed by atoms with E-state index in [4.69, 9.17) is 18.6 Å². The van der Waals surface area contributed by atoms with Crippen LogP contribution in [0.25, 0.3) is 11.0 Å². The van der Waals surface area contributed by atoms with E-state index in [-0.39, 0.29) is 12.3 Å². The van der Waals surface area contributed by atoms with E-state index in [0.29, 0.717) is 62.5 Å².